The van der Waals surface area contributed by atoms with Gasteiger partial charge >= 0.3 is 0 Å². The lowest BCUT2D eigenvalue weighted by Gasteiger charge is -2.25. The molecule has 0 aromatic heterocycles. The molecule has 24 heavy (non-hydrogen) atoms. The highest BCUT2D eigenvalue weighted by molar-refractivity contribution is 6.35. The second kappa shape index (κ2) is 8.58. The molecule has 0 radical (unpaired) electrons. The largest absolute Gasteiger partial charge is 0.479 e. The number of rotatable bonds is 6. The van der Waals surface area contributed by atoms with E-state index in [4.69, 9.17) is 33.2 Å². The van der Waals surface area contributed by atoms with E-state index in [9.17, 15) is 4.79 Å². The summed E-state index contributed by atoms with van der Waals surface area (Å²) < 4.78 is 5.68. The number of amides is 1. The van der Waals surface area contributed by atoms with Gasteiger partial charge in [-0.15, -0.1) is 0 Å². The molecule has 0 aliphatic carbocycles. The molecule has 0 heterocycles. The quantitative estimate of drug-likeness (QED) is 0.747. The van der Waals surface area contributed by atoms with Gasteiger partial charge in [0.25, 0.3) is 5.91 Å². The standard InChI is InChI=1S/C18H16Cl2N2O2/c1-13(24-17-9-8-14(19)12-16(17)20)18(23)22(11-5-10-21)15-6-3-2-4-7-15/h2-4,6-9,12-13H,5,11H2,1H3/t13-/m0/s1. The Kier molecular flexibility index (Phi) is 6.48. The summed E-state index contributed by atoms with van der Waals surface area (Å²) >= 11 is 11.9. The van der Waals surface area contributed by atoms with Crippen molar-refractivity contribution >= 4 is 34.8 Å². The van der Waals surface area contributed by atoms with Gasteiger partial charge in [-0.2, -0.15) is 5.26 Å². The van der Waals surface area contributed by atoms with Crippen LogP contribution in [0.2, 0.25) is 10.0 Å². The van der Waals surface area contributed by atoms with E-state index in [0.717, 1.165) is 5.69 Å². The first-order valence-electron chi connectivity index (χ1n) is 7.38. The van der Waals surface area contributed by atoms with Crippen LogP contribution in [-0.2, 0) is 4.79 Å². The molecular weight excluding hydrogens is 347 g/mol. The Labute approximate surface area is 151 Å². The number of carbonyl (C=O) groups excluding carboxylic acids is 1. The SMILES string of the molecule is C[C@H](Oc1ccc(Cl)cc1Cl)C(=O)N(CCC#N)c1ccccc1. The van der Waals surface area contributed by atoms with Crippen LogP contribution in [0.3, 0.4) is 0 Å². The van der Waals surface area contributed by atoms with Crippen LogP contribution in [0.4, 0.5) is 5.69 Å². The average molecular weight is 363 g/mol. The predicted octanol–water partition coefficient (Wildman–Crippen LogP) is 4.71. The fourth-order valence-corrected chi connectivity index (χ4v) is 2.62. The Bertz CT molecular complexity index is 744. The van der Waals surface area contributed by atoms with E-state index in [2.05, 4.69) is 6.07 Å². The van der Waals surface area contributed by atoms with E-state index in [1.165, 1.54) is 4.90 Å². The molecule has 0 unspecified atom stereocenters. The van der Waals surface area contributed by atoms with Crippen LogP contribution in [0.15, 0.2) is 48.5 Å². The van der Waals surface area contributed by atoms with Gasteiger partial charge in [-0.1, -0.05) is 41.4 Å². The molecule has 0 fully saturated rings. The maximum Gasteiger partial charge on any atom is 0.267 e. The third kappa shape index (κ3) is 4.64. The summed E-state index contributed by atoms with van der Waals surface area (Å²) in [6.07, 6.45) is -0.530. The van der Waals surface area contributed by atoms with Gasteiger partial charge in [0.2, 0.25) is 0 Å². The van der Waals surface area contributed by atoms with Crippen molar-refractivity contribution in [1.82, 2.24) is 0 Å². The third-order valence-electron chi connectivity index (χ3n) is 3.33. The molecule has 0 saturated heterocycles. The second-order valence-electron chi connectivity index (χ2n) is 5.07. The van der Waals surface area contributed by atoms with Gasteiger partial charge < -0.3 is 9.64 Å². The number of anilines is 1. The highest BCUT2D eigenvalue weighted by Gasteiger charge is 2.24. The summed E-state index contributed by atoms with van der Waals surface area (Å²) in [7, 11) is 0. The fourth-order valence-electron chi connectivity index (χ4n) is 2.17. The highest BCUT2D eigenvalue weighted by Crippen LogP contribution is 2.28. The molecular formula is C18H16Cl2N2O2. The molecule has 0 bridgehead atoms. The smallest absolute Gasteiger partial charge is 0.267 e. The van der Waals surface area contributed by atoms with Crippen molar-refractivity contribution in [1.29, 1.82) is 5.26 Å². The Morgan fingerprint density at radius 2 is 1.96 bits per heavy atom. The van der Waals surface area contributed by atoms with E-state index in [-0.39, 0.29) is 12.3 Å². The first-order valence-corrected chi connectivity index (χ1v) is 8.13. The van der Waals surface area contributed by atoms with Crippen LogP contribution in [0.25, 0.3) is 0 Å². The highest BCUT2D eigenvalue weighted by atomic mass is 35.5. The van der Waals surface area contributed by atoms with Gasteiger partial charge in [0.05, 0.1) is 17.5 Å². The number of hydrogen-bond acceptors (Lipinski definition) is 3. The van der Waals surface area contributed by atoms with Gasteiger partial charge in [-0.3, -0.25) is 4.79 Å². The van der Waals surface area contributed by atoms with Crippen LogP contribution in [0.5, 0.6) is 5.75 Å². The molecule has 0 saturated carbocycles. The summed E-state index contributed by atoms with van der Waals surface area (Å²) in [5.41, 5.74) is 0.718. The zero-order valence-electron chi connectivity index (χ0n) is 13.1. The molecule has 4 nitrogen and oxygen atoms in total. The van der Waals surface area contributed by atoms with Crippen molar-refractivity contribution in [3.05, 3.63) is 58.6 Å². The minimum atomic E-state index is -0.762. The predicted molar refractivity (Wildman–Crippen MR) is 95.6 cm³/mol. The fraction of sp³-hybridized carbons (Fsp3) is 0.222. The Morgan fingerprint density at radius 1 is 1.25 bits per heavy atom. The van der Waals surface area contributed by atoms with Crippen LogP contribution in [0.1, 0.15) is 13.3 Å². The molecule has 0 N–H and O–H groups in total. The molecule has 124 valence electrons. The van der Waals surface area contributed by atoms with Crippen molar-refractivity contribution in [3.8, 4) is 11.8 Å². The van der Waals surface area contributed by atoms with E-state index in [0.29, 0.717) is 22.3 Å². The Balaban J connectivity index is 2.17. The summed E-state index contributed by atoms with van der Waals surface area (Å²) in [6, 6.07) is 16.0. The normalized spacial score (nSPS) is 11.4. The minimum Gasteiger partial charge on any atom is -0.479 e. The molecule has 1 atom stereocenters. The molecule has 2 aromatic carbocycles. The van der Waals surface area contributed by atoms with Crippen molar-refractivity contribution < 1.29 is 9.53 Å². The lowest BCUT2D eigenvalue weighted by Crippen LogP contribution is -2.41. The van der Waals surface area contributed by atoms with E-state index in [1.807, 2.05) is 30.3 Å². The van der Waals surface area contributed by atoms with Gasteiger partial charge in [-0.25, -0.2) is 0 Å². The molecule has 2 aromatic rings. The zero-order valence-corrected chi connectivity index (χ0v) is 14.6. The zero-order chi connectivity index (χ0) is 17.5. The van der Waals surface area contributed by atoms with Crippen molar-refractivity contribution in [2.75, 3.05) is 11.4 Å². The first kappa shape index (κ1) is 18.1. The molecule has 0 aliphatic rings. The van der Waals surface area contributed by atoms with Gasteiger partial charge in [-0.05, 0) is 37.3 Å². The lowest BCUT2D eigenvalue weighted by atomic mass is 10.2. The molecule has 1 amide bonds. The van der Waals surface area contributed by atoms with Crippen LogP contribution in [0, 0.1) is 11.3 Å². The third-order valence-corrected chi connectivity index (χ3v) is 3.86. The van der Waals surface area contributed by atoms with E-state index >= 15 is 0 Å². The number of para-hydroxylation sites is 1. The van der Waals surface area contributed by atoms with Crippen LogP contribution in [-0.4, -0.2) is 18.6 Å². The number of nitrogens with zero attached hydrogens (tertiary/aromatic N) is 2. The van der Waals surface area contributed by atoms with Gasteiger partial charge in [0.1, 0.15) is 5.75 Å². The molecule has 2 rings (SSSR count). The monoisotopic (exact) mass is 362 g/mol. The van der Waals surface area contributed by atoms with Crippen LogP contribution >= 0.6 is 23.2 Å². The maximum absolute atomic E-state index is 12.8. The molecule has 6 heteroatoms. The lowest BCUT2D eigenvalue weighted by molar-refractivity contribution is -0.124. The van der Waals surface area contributed by atoms with Crippen molar-refractivity contribution in [2.45, 2.75) is 19.4 Å². The second-order valence-corrected chi connectivity index (χ2v) is 5.91. The number of halogens is 2. The molecule has 0 aliphatic heterocycles. The average Bonchev–Trinajstić information content (AvgIpc) is 2.58. The first-order chi connectivity index (χ1) is 11.5. The number of ether oxygens (including phenoxy) is 1. The van der Waals surface area contributed by atoms with E-state index in [1.54, 1.807) is 25.1 Å². The molecule has 0 spiro atoms. The number of nitriles is 1. The van der Waals surface area contributed by atoms with Crippen LogP contribution < -0.4 is 9.64 Å². The summed E-state index contributed by atoms with van der Waals surface area (Å²) in [5.74, 6) is 0.137. The number of carbonyl (C=O) groups is 1. The summed E-state index contributed by atoms with van der Waals surface area (Å²) in [4.78, 5) is 14.3. The van der Waals surface area contributed by atoms with Gasteiger partial charge in [0, 0.05) is 17.3 Å². The van der Waals surface area contributed by atoms with Gasteiger partial charge in [0.15, 0.2) is 6.10 Å². The van der Waals surface area contributed by atoms with Crippen molar-refractivity contribution in [2.24, 2.45) is 0 Å². The number of benzene rings is 2. The Hall–Kier alpha value is -2.22. The maximum atomic E-state index is 12.8. The summed E-state index contributed by atoms with van der Waals surface area (Å²) in [6.45, 7) is 1.94. The van der Waals surface area contributed by atoms with E-state index < -0.39 is 6.10 Å². The van der Waals surface area contributed by atoms with Crippen molar-refractivity contribution in [3.63, 3.8) is 0 Å². The number of hydrogen-bond donors (Lipinski definition) is 0. The minimum absolute atomic E-state index is 0.231. The Morgan fingerprint density at radius 3 is 2.58 bits per heavy atom. The topological polar surface area (TPSA) is 53.3 Å². The summed E-state index contributed by atoms with van der Waals surface area (Å²) in [5, 5.41) is 9.66.